The van der Waals surface area contributed by atoms with Crippen LogP contribution in [0.15, 0.2) is 48.5 Å². The van der Waals surface area contributed by atoms with Crippen molar-refractivity contribution in [1.82, 2.24) is 14.7 Å². The van der Waals surface area contributed by atoms with Gasteiger partial charge in [-0.2, -0.15) is 0 Å². The molecule has 2 aliphatic rings. The van der Waals surface area contributed by atoms with Crippen LogP contribution in [0.2, 0.25) is 0 Å². The summed E-state index contributed by atoms with van der Waals surface area (Å²) in [6, 6.07) is 12.6. The van der Waals surface area contributed by atoms with E-state index in [1.54, 1.807) is 21.9 Å². The Hall–Kier alpha value is -4.08. The summed E-state index contributed by atoms with van der Waals surface area (Å²) in [5.74, 6) is -1.26. The molecule has 0 unspecified atom stereocenters. The Bertz CT molecular complexity index is 1130. The molecule has 2 aliphatic heterocycles. The van der Waals surface area contributed by atoms with Gasteiger partial charge < -0.3 is 9.80 Å². The summed E-state index contributed by atoms with van der Waals surface area (Å²) in [6.45, 7) is 1.79. The van der Waals surface area contributed by atoms with E-state index in [2.05, 4.69) is 0 Å². The van der Waals surface area contributed by atoms with Gasteiger partial charge in [0.05, 0.1) is 16.1 Å². The van der Waals surface area contributed by atoms with Gasteiger partial charge in [0.15, 0.2) is 0 Å². The van der Waals surface area contributed by atoms with E-state index in [0.717, 1.165) is 11.0 Å². The first kappa shape index (κ1) is 22.1. The zero-order valence-corrected chi connectivity index (χ0v) is 17.8. The number of carbonyl (C=O) groups excluding carboxylic acids is 4. The highest BCUT2D eigenvalue weighted by molar-refractivity contribution is 6.21. The lowest BCUT2D eigenvalue weighted by molar-refractivity contribution is -0.384. The van der Waals surface area contributed by atoms with Crippen LogP contribution in [0.5, 0.6) is 0 Å². The van der Waals surface area contributed by atoms with Gasteiger partial charge in [-0.05, 0) is 24.6 Å². The van der Waals surface area contributed by atoms with Gasteiger partial charge in [-0.25, -0.2) is 0 Å². The molecule has 1 fully saturated rings. The Morgan fingerprint density at radius 2 is 1.52 bits per heavy atom. The molecule has 0 spiro atoms. The highest BCUT2D eigenvalue weighted by Crippen LogP contribution is 2.27. The number of amides is 4. The molecule has 0 saturated carbocycles. The second-order valence-electron chi connectivity index (χ2n) is 7.89. The van der Waals surface area contributed by atoms with E-state index >= 15 is 0 Å². The third-order valence-corrected chi connectivity index (χ3v) is 5.88. The quantitative estimate of drug-likeness (QED) is 0.377. The minimum absolute atomic E-state index is 0.0136. The number of rotatable bonds is 6. The minimum Gasteiger partial charge on any atom is -0.339 e. The molecule has 10 nitrogen and oxygen atoms in total. The number of imide groups is 1. The van der Waals surface area contributed by atoms with Crippen LogP contribution in [0.1, 0.15) is 43.9 Å². The van der Waals surface area contributed by atoms with Crippen molar-refractivity contribution in [3.05, 3.63) is 75.3 Å². The SMILES string of the molecule is O=C(CCCN1C(=O)c2ccc([N+](=O)[O-])cc2C1=O)N1CCN(C(=O)c2ccccc2)CC1. The zero-order chi connectivity index (χ0) is 23.5. The molecule has 1 saturated heterocycles. The third kappa shape index (κ3) is 4.45. The predicted molar refractivity (Wildman–Crippen MR) is 117 cm³/mol. The number of benzene rings is 2. The number of non-ortho nitro benzene ring substituents is 1. The first-order chi connectivity index (χ1) is 15.9. The van der Waals surface area contributed by atoms with Crippen LogP contribution >= 0.6 is 0 Å². The largest absolute Gasteiger partial charge is 0.339 e. The van der Waals surface area contributed by atoms with E-state index in [1.807, 2.05) is 18.2 Å². The highest BCUT2D eigenvalue weighted by atomic mass is 16.6. The molecule has 2 aromatic rings. The molecular formula is C23H22N4O6. The van der Waals surface area contributed by atoms with Crippen LogP contribution in [0.4, 0.5) is 5.69 Å². The van der Waals surface area contributed by atoms with Gasteiger partial charge in [-0.1, -0.05) is 18.2 Å². The van der Waals surface area contributed by atoms with Crippen LogP contribution in [0.3, 0.4) is 0 Å². The van der Waals surface area contributed by atoms with Crippen molar-refractivity contribution < 1.29 is 24.1 Å². The van der Waals surface area contributed by atoms with Crippen molar-refractivity contribution in [3.63, 3.8) is 0 Å². The Morgan fingerprint density at radius 1 is 0.879 bits per heavy atom. The Balaban J connectivity index is 1.26. The fourth-order valence-electron chi connectivity index (χ4n) is 4.06. The number of fused-ring (bicyclic) bond motifs is 1. The minimum atomic E-state index is -0.619. The second kappa shape index (κ2) is 9.19. The average Bonchev–Trinajstić information content (AvgIpc) is 3.08. The zero-order valence-electron chi connectivity index (χ0n) is 17.8. The molecule has 10 heteroatoms. The highest BCUT2D eigenvalue weighted by Gasteiger charge is 2.36. The molecule has 0 atom stereocenters. The number of carbonyl (C=O) groups is 4. The summed E-state index contributed by atoms with van der Waals surface area (Å²) in [5, 5.41) is 10.9. The molecule has 0 N–H and O–H groups in total. The molecular weight excluding hydrogens is 428 g/mol. The molecule has 4 rings (SSSR count). The van der Waals surface area contributed by atoms with Crippen molar-refractivity contribution in [3.8, 4) is 0 Å². The van der Waals surface area contributed by atoms with E-state index < -0.39 is 16.7 Å². The van der Waals surface area contributed by atoms with Crippen molar-refractivity contribution in [1.29, 1.82) is 0 Å². The van der Waals surface area contributed by atoms with Crippen molar-refractivity contribution in [2.45, 2.75) is 12.8 Å². The summed E-state index contributed by atoms with van der Waals surface area (Å²) >= 11 is 0. The van der Waals surface area contributed by atoms with Crippen LogP contribution < -0.4 is 0 Å². The maximum absolute atomic E-state index is 12.6. The number of piperazine rings is 1. The van der Waals surface area contributed by atoms with Crippen LogP contribution in [0.25, 0.3) is 0 Å². The molecule has 170 valence electrons. The van der Waals surface area contributed by atoms with Crippen LogP contribution in [-0.4, -0.2) is 76.0 Å². The van der Waals surface area contributed by atoms with E-state index in [4.69, 9.17) is 0 Å². The van der Waals surface area contributed by atoms with Crippen molar-refractivity contribution in [2.24, 2.45) is 0 Å². The van der Waals surface area contributed by atoms with Crippen molar-refractivity contribution in [2.75, 3.05) is 32.7 Å². The summed E-state index contributed by atoms with van der Waals surface area (Å²) in [6.07, 6.45) is 0.440. The fourth-order valence-corrected chi connectivity index (χ4v) is 4.06. The molecule has 0 aromatic heterocycles. The predicted octanol–water partition coefficient (Wildman–Crippen LogP) is 1.96. The van der Waals surface area contributed by atoms with E-state index in [1.165, 1.54) is 12.1 Å². The van der Waals surface area contributed by atoms with Gasteiger partial charge in [0.2, 0.25) is 5.91 Å². The summed E-state index contributed by atoms with van der Waals surface area (Å²) in [5.41, 5.74) is 0.510. The second-order valence-corrected chi connectivity index (χ2v) is 7.89. The van der Waals surface area contributed by atoms with Crippen LogP contribution in [-0.2, 0) is 4.79 Å². The maximum atomic E-state index is 12.6. The Morgan fingerprint density at radius 3 is 2.18 bits per heavy atom. The fraction of sp³-hybridized carbons (Fsp3) is 0.304. The monoisotopic (exact) mass is 450 g/mol. The first-order valence-corrected chi connectivity index (χ1v) is 10.6. The number of hydrogen-bond acceptors (Lipinski definition) is 6. The van der Waals surface area contributed by atoms with Crippen LogP contribution in [0, 0.1) is 10.1 Å². The van der Waals surface area contributed by atoms with Gasteiger partial charge in [-0.3, -0.25) is 34.2 Å². The number of nitro benzene ring substituents is 1. The smallest absolute Gasteiger partial charge is 0.270 e. The standard InChI is InChI=1S/C23H22N4O6/c28-20(24-11-13-25(14-12-24)21(29)16-5-2-1-3-6-16)7-4-10-26-22(30)18-9-8-17(27(32)33)15-19(18)23(26)31/h1-3,5-6,8-9,15H,4,7,10-14H2. The maximum Gasteiger partial charge on any atom is 0.270 e. The van der Waals surface area contributed by atoms with Gasteiger partial charge in [-0.15, -0.1) is 0 Å². The molecule has 2 heterocycles. The van der Waals surface area contributed by atoms with E-state index in [0.29, 0.717) is 31.7 Å². The van der Waals surface area contributed by atoms with Gasteiger partial charge in [0.25, 0.3) is 23.4 Å². The Kier molecular flexibility index (Phi) is 6.16. The topological polar surface area (TPSA) is 121 Å². The van der Waals surface area contributed by atoms with Crippen molar-refractivity contribution >= 4 is 29.3 Å². The molecule has 4 amide bonds. The lowest BCUT2D eigenvalue weighted by atomic mass is 10.1. The van der Waals surface area contributed by atoms with Gasteiger partial charge in [0, 0.05) is 56.8 Å². The molecule has 0 radical (unpaired) electrons. The van der Waals surface area contributed by atoms with E-state index in [9.17, 15) is 29.3 Å². The molecule has 0 bridgehead atoms. The molecule has 2 aromatic carbocycles. The normalized spacial score (nSPS) is 15.6. The lowest BCUT2D eigenvalue weighted by Crippen LogP contribution is -2.50. The summed E-state index contributed by atoms with van der Waals surface area (Å²) in [7, 11) is 0. The number of nitrogens with zero attached hydrogens (tertiary/aromatic N) is 4. The molecule has 33 heavy (non-hydrogen) atoms. The lowest BCUT2D eigenvalue weighted by Gasteiger charge is -2.35. The Labute approximate surface area is 189 Å². The molecule has 0 aliphatic carbocycles. The van der Waals surface area contributed by atoms with E-state index in [-0.39, 0.29) is 48.0 Å². The average molecular weight is 450 g/mol. The van der Waals surface area contributed by atoms with Gasteiger partial charge in [0.1, 0.15) is 0 Å². The summed E-state index contributed by atoms with van der Waals surface area (Å²) in [4.78, 5) is 64.9. The summed E-state index contributed by atoms with van der Waals surface area (Å²) < 4.78 is 0. The third-order valence-electron chi connectivity index (χ3n) is 5.88. The number of nitro groups is 1. The number of hydrogen-bond donors (Lipinski definition) is 0. The first-order valence-electron chi connectivity index (χ1n) is 10.6. The van der Waals surface area contributed by atoms with Gasteiger partial charge >= 0.3 is 0 Å².